The molecule has 0 spiro atoms. The van der Waals surface area contributed by atoms with E-state index in [4.69, 9.17) is 0 Å². The second kappa shape index (κ2) is 5.71. The van der Waals surface area contributed by atoms with E-state index in [9.17, 15) is 5.11 Å². The van der Waals surface area contributed by atoms with Crippen LogP contribution >= 0.6 is 0 Å². The number of nitrogens with zero attached hydrogens (tertiary/aromatic N) is 3. The van der Waals surface area contributed by atoms with Gasteiger partial charge in [-0.15, -0.1) is 0 Å². The number of aliphatic hydroxyl groups excluding tert-OH is 1. The molecule has 1 aromatic carbocycles. The van der Waals surface area contributed by atoms with Gasteiger partial charge in [0, 0.05) is 12.1 Å². The first-order chi connectivity index (χ1) is 8.70. The summed E-state index contributed by atoms with van der Waals surface area (Å²) in [5.74, 6) is 0. The smallest absolute Gasteiger partial charge is 0.0687 e. The van der Waals surface area contributed by atoms with Crippen molar-refractivity contribution in [3.05, 3.63) is 47.8 Å². The lowest BCUT2D eigenvalue weighted by Crippen LogP contribution is -2.11. The van der Waals surface area contributed by atoms with Crippen LogP contribution in [-0.4, -0.2) is 34.3 Å². The highest BCUT2D eigenvalue weighted by molar-refractivity contribution is 5.66. The zero-order chi connectivity index (χ0) is 13.0. The molecule has 1 aromatic heterocycles. The van der Waals surface area contributed by atoms with Crippen molar-refractivity contribution in [2.75, 3.05) is 14.1 Å². The zero-order valence-electron chi connectivity index (χ0n) is 10.7. The van der Waals surface area contributed by atoms with E-state index >= 15 is 0 Å². The van der Waals surface area contributed by atoms with Gasteiger partial charge in [0.2, 0.25) is 0 Å². The first-order valence-corrected chi connectivity index (χ1v) is 5.85. The Morgan fingerprint density at radius 2 is 2.00 bits per heavy atom. The van der Waals surface area contributed by atoms with E-state index in [1.807, 2.05) is 32.3 Å². The molecule has 94 valence electrons. The van der Waals surface area contributed by atoms with E-state index in [2.05, 4.69) is 21.2 Å². The average molecular weight is 243 g/mol. The van der Waals surface area contributed by atoms with Gasteiger partial charge >= 0.3 is 0 Å². The minimum Gasteiger partial charge on any atom is -0.392 e. The molecule has 0 aliphatic carbocycles. The normalized spacial score (nSPS) is 10.9. The number of aliphatic hydroxyl groups is 1. The van der Waals surface area contributed by atoms with Gasteiger partial charge in [0.15, 0.2) is 0 Å². The summed E-state index contributed by atoms with van der Waals surface area (Å²) in [6.45, 7) is 0.890. The Hall–Kier alpha value is -1.78. The first kappa shape index (κ1) is 12.7. The highest BCUT2D eigenvalue weighted by Gasteiger charge is 2.06. The molecule has 0 unspecified atom stereocenters. The van der Waals surface area contributed by atoms with E-state index in [0.29, 0.717) is 0 Å². The van der Waals surface area contributed by atoms with Gasteiger partial charge in [-0.1, -0.05) is 18.2 Å². The van der Waals surface area contributed by atoms with Crippen LogP contribution in [0.4, 0.5) is 0 Å². The van der Waals surface area contributed by atoms with Crippen molar-refractivity contribution in [2.24, 2.45) is 0 Å². The fourth-order valence-electron chi connectivity index (χ4n) is 1.97. The summed E-state index contributed by atoms with van der Waals surface area (Å²) in [6.07, 6.45) is 3.37. The molecule has 0 fully saturated rings. The molecule has 0 amide bonds. The van der Waals surface area contributed by atoms with Crippen LogP contribution in [0.3, 0.4) is 0 Å². The maximum Gasteiger partial charge on any atom is 0.0687 e. The molecule has 0 atom stereocenters. The minimum atomic E-state index is 0.0267. The summed E-state index contributed by atoms with van der Waals surface area (Å²) in [6, 6.07) is 8.04. The lowest BCUT2D eigenvalue weighted by atomic mass is 9.99. The lowest BCUT2D eigenvalue weighted by Gasteiger charge is -2.13. The van der Waals surface area contributed by atoms with E-state index < -0.39 is 0 Å². The lowest BCUT2D eigenvalue weighted by molar-refractivity contribution is 0.282. The maximum atomic E-state index is 9.49. The van der Waals surface area contributed by atoms with Crippen molar-refractivity contribution < 1.29 is 5.11 Å². The first-order valence-electron chi connectivity index (χ1n) is 5.85. The summed E-state index contributed by atoms with van der Waals surface area (Å²) in [5, 5.41) is 17.1. The van der Waals surface area contributed by atoms with Crippen molar-refractivity contribution in [1.29, 1.82) is 0 Å². The molecule has 0 aliphatic rings. The maximum absolute atomic E-state index is 9.49. The van der Waals surface area contributed by atoms with Gasteiger partial charge in [0.1, 0.15) is 0 Å². The van der Waals surface area contributed by atoms with Gasteiger partial charge < -0.3 is 10.0 Å². The van der Waals surface area contributed by atoms with Gasteiger partial charge in [-0.05, 0) is 36.9 Å². The molecule has 0 saturated heterocycles. The van der Waals surface area contributed by atoms with Crippen molar-refractivity contribution >= 4 is 0 Å². The van der Waals surface area contributed by atoms with Crippen LogP contribution in [-0.2, 0) is 13.2 Å². The van der Waals surface area contributed by atoms with Crippen LogP contribution < -0.4 is 0 Å². The third-order valence-corrected chi connectivity index (χ3v) is 2.73. The molecule has 0 saturated carbocycles. The highest BCUT2D eigenvalue weighted by Crippen LogP contribution is 2.24. The second-order valence-electron chi connectivity index (χ2n) is 4.52. The molecule has 0 radical (unpaired) electrons. The predicted molar refractivity (Wildman–Crippen MR) is 70.8 cm³/mol. The van der Waals surface area contributed by atoms with Crippen LogP contribution in [0.1, 0.15) is 11.1 Å². The van der Waals surface area contributed by atoms with E-state index in [-0.39, 0.29) is 6.61 Å². The molecule has 2 aromatic rings. The average Bonchev–Trinajstić information content (AvgIpc) is 2.39. The Morgan fingerprint density at radius 3 is 2.61 bits per heavy atom. The van der Waals surface area contributed by atoms with Crippen molar-refractivity contribution in [3.63, 3.8) is 0 Å². The summed E-state index contributed by atoms with van der Waals surface area (Å²) >= 11 is 0. The molecular formula is C14H17N3O. The standard InChI is InChI=1S/C14H17N3O/c1-17(2)9-11-3-4-14(13(7-11)10-18)12-5-6-15-16-8-12/h3-8,18H,9-10H2,1-2H3. The molecular weight excluding hydrogens is 226 g/mol. The third-order valence-electron chi connectivity index (χ3n) is 2.73. The van der Waals surface area contributed by atoms with Crippen LogP contribution in [0.2, 0.25) is 0 Å². The summed E-state index contributed by atoms with van der Waals surface area (Å²) in [5.41, 5.74) is 4.09. The fraction of sp³-hybridized carbons (Fsp3) is 0.286. The SMILES string of the molecule is CN(C)Cc1ccc(-c2ccnnc2)c(CO)c1. The largest absolute Gasteiger partial charge is 0.392 e. The van der Waals surface area contributed by atoms with Gasteiger partial charge in [-0.2, -0.15) is 10.2 Å². The Balaban J connectivity index is 2.38. The Morgan fingerprint density at radius 1 is 1.17 bits per heavy atom. The number of benzene rings is 1. The molecule has 1 heterocycles. The topological polar surface area (TPSA) is 49.2 Å². The molecule has 0 aliphatic heterocycles. The van der Waals surface area contributed by atoms with Crippen LogP contribution in [0.5, 0.6) is 0 Å². The van der Waals surface area contributed by atoms with Crippen LogP contribution in [0.15, 0.2) is 36.7 Å². The van der Waals surface area contributed by atoms with Gasteiger partial charge in [-0.25, -0.2) is 0 Å². The van der Waals surface area contributed by atoms with E-state index in [1.54, 1.807) is 12.4 Å². The number of rotatable bonds is 4. The number of hydrogen-bond acceptors (Lipinski definition) is 4. The minimum absolute atomic E-state index is 0.0267. The van der Waals surface area contributed by atoms with Crippen LogP contribution in [0.25, 0.3) is 11.1 Å². The molecule has 18 heavy (non-hydrogen) atoms. The van der Waals surface area contributed by atoms with Gasteiger partial charge in [-0.3, -0.25) is 0 Å². The number of aromatic nitrogens is 2. The Bertz CT molecular complexity index is 512. The molecule has 0 bridgehead atoms. The third kappa shape index (κ3) is 2.91. The monoisotopic (exact) mass is 243 g/mol. The molecule has 4 nitrogen and oxygen atoms in total. The van der Waals surface area contributed by atoms with Gasteiger partial charge in [0.25, 0.3) is 0 Å². The molecule has 4 heteroatoms. The Labute approximate surface area is 107 Å². The quantitative estimate of drug-likeness (QED) is 0.888. The van der Waals surface area contributed by atoms with Crippen molar-refractivity contribution in [1.82, 2.24) is 15.1 Å². The second-order valence-corrected chi connectivity index (χ2v) is 4.52. The van der Waals surface area contributed by atoms with Gasteiger partial charge in [0.05, 0.1) is 19.0 Å². The van der Waals surface area contributed by atoms with Crippen molar-refractivity contribution in [2.45, 2.75) is 13.2 Å². The number of hydrogen-bond donors (Lipinski definition) is 1. The summed E-state index contributed by atoms with van der Waals surface area (Å²) in [4.78, 5) is 2.10. The summed E-state index contributed by atoms with van der Waals surface area (Å²) < 4.78 is 0. The highest BCUT2D eigenvalue weighted by atomic mass is 16.3. The van der Waals surface area contributed by atoms with Crippen molar-refractivity contribution in [3.8, 4) is 11.1 Å². The molecule has 2 rings (SSSR count). The molecule has 1 N–H and O–H groups in total. The van der Waals surface area contributed by atoms with E-state index in [0.717, 1.165) is 23.2 Å². The fourth-order valence-corrected chi connectivity index (χ4v) is 1.97. The van der Waals surface area contributed by atoms with Crippen LogP contribution in [0, 0.1) is 0 Å². The van der Waals surface area contributed by atoms with E-state index in [1.165, 1.54) is 5.56 Å². The predicted octanol–water partition coefficient (Wildman–Crippen LogP) is 1.70. The zero-order valence-corrected chi connectivity index (χ0v) is 10.7. The Kier molecular flexibility index (Phi) is 4.02. The summed E-state index contributed by atoms with van der Waals surface area (Å²) in [7, 11) is 4.05.